The number of hydrogen-bond donors (Lipinski definition) is 3. The highest BCUT2D eigenvalue weighted by Gasteiger charge is 2.40. The highest BCUT2D eigenvalue weighted by Crippen LogP contribution is 2.24. The maximum atomic E-state index is 11.7. The summed E-state index contributed by atoms with van der Waals surface area (Å²) in [7, 11) is 0. The third-order valence-electron chi connectivity index (χ3n) is 3.61. The zero-order chi connectivity index (χ0) is 11.6. The van der Waals surface area contributed by atoms with E-state index in [9.17, 15) is 9.90 Å². The molecule has 0 saturated carbocycles. The van der Waals surface area contributed by atoms with Crippen LogP contribution in [0.4, 0.5) is 0 Å². The van der Waals surface area contributed by atoms with E-state index in [1.807, 2.05) is 6.92 Å². The molecule has 0 aromatic heterocycles. The molecule has 92 valence electrons. The van der Waals surface area contributed by atoms with E-state index >= 15 is 0 Å². The lowest BCUT2D eigenvalue weighted by atomic mass is 9.96. The summed E-state index contributed by atoms with van der Waals surface area (Å²) in [4.78, 5) is 11.7. The van der Waals surface area contributed by atoms with Crippen molar-refractivity contribution >= 4 is 5.91 Å². The van der Waals surface area contributed by atoms with Gasteiger partial charge in [-0.15, -0.1) is 0 Å². The molecule has 0 aromatic carbocycles. The molecule has 2 fully saturated rings. The first-order valence-electron chi connectivity index (χ1n) is 5.97. The molecular weight excluding hydrogens is 208 g/mol. The maximum Gasteiger partial charge on any atom is 0.237 e. The monoisotopic (exact) mass is 228 g/mol. The van der Waals surface area contributed by atoms with Crippen LogP contribution in [0.25, 0.3) is 0 Å². The molecule has 0 spiro atoms. The number of hydrogen-bond acceptors (Lipinski definition) is 4. The number of ether oxygens (including phenoxy) is 1. The standard InChI is InChI=1S/C11H20N2O3/c1-8-11(15,4-6-16-8)7-13-10(14)9-3-2-5-12-9/h8-9,12,15H,2-7H2,1H3,(H,13,14)/t8?,9-,11?/m0/s1. The number of aliphatic hydroxyl groups is 1. The van der Waals surface area contributed by atoms with E-state index in [0.29, 0.717) is 13.0 Å². The van der Waals surface area contributed by atoms with Gasteiger partial charge in [0.1, 0.15) is 5.60 Å². The van der Waals surface area contributed by atoms with Crippen molar-refractivity contribution in [2.45, 2.75) is 43.9 Å². The minimum absolute atomic E-state index is 0.00924. The molecule has 0 radical (unpaired) electrons. The molecule has 1 amide bonds. The van der Waals surface area contributed by atoms with Gasteiger partial charge in [0.15, 0.2) is 0 Å². The molecule has 16 heavy (non-hydrogen) atoms. The summed E-state index contributed by atoms with van der Waals surface area (Å²) < 4.78 is 5.31. The number of carbonyl (C=O) groups excluding carboxylic acids is 1. The van der Waals surface area contributed by atoms with Crippen LogP contribution in [0.3, 0.4) is 0 Å². The van der Waals surface area contributed by atoms with Crippen molar-refractivity contribution < 1.29 is 14.6 Å². The van der Waals surface area contributed by atoms with Gasteiger partial charge in [0.05, 0.1) is 12.1 Å². The molecule has 3 atom stereocenters. The van der Waals surface area contributed by atoms with Gasteiger partial charge < -0.3 is 20.5 Å². The van der Waals surface area contributed by atoms with Gasteiger partial charge in [0.25, 0.3) is 0 Å². The van der Waals surface area contributed by atoms with Gasteiger partial charge in [-0.3, -0.25) is 4.79 Å². The molecular formula is C11H20N2O3. The summed E-state index contributed by atoms with van der Waals surface area (Å²) in [5.74, 6) is -0.00924. The molecule has 2 saturated heterocycles. The Morgan fingerprint density at radius 1 is 1.69 bits per heavy atom. The summed E-state index contributed by atoms with van der Waals surface area (Å²) in [5, 5.41) is 16.1. The fourth-order valence-corrected chi connectivity index (χ4v) is 2.27. The smallest absolute Gasteiger partial charge is 0.237 e. The molecule has 0 aliphatic carbocycles. The first-order chi connectivity index (χ1) is 7.62. The largest absolute Gasteiger partial charge is 0.385 e. The maximum absolute atomic E-state index is 11.7. The van der Waals surface area contributed by atoms with Crippen LogP contribution in [0.15, 0.2) is 0 Å². The summed E-state index contributed by atoms with van der Waals surface area (Å²) in [6, 6.07) is -0.0822. The summed E-state index contributed by atoms with van der Waals surface area (Å²) in [6.07, 6.45) is 2.31. The quantitative estimate of drug-likeness (QED) is 0.603. The minimum atomic E-state index is -0.895. The summed E-state index contributed by atoms with van der Waals surface area (Å²) >= 11 is 0. The van der Waals surface area contributed by atoms with Gasteiger partial charge in [-0.05, 0) is 26.3 Å². The third kappa shape index (κ3) is 2.36. The van der Waals surface area contributed by atoms with Crippen LogP contribution in [-0.4, -0.2) is 48.5 Å². The predicted molar refractivity (Wildman–Crippen MR) is 59.0 cm³/mol. The second-order valence-corrected chi connectivity index (χ2v) is 4.73. The SMILES string of the molecule is CC1OCCC1(O)CNC(=O)[C@@H]1CCCN1. The first kappa shape index (κ1) is 11.8. The highest BCUT2D eigenvalue weighted by molar-refractivity contribution is 5.82. The van der Waals surface area contributed by atoms with Gasteiger partial charge in [-0.2, -0.15) is 0 Å². The zero-order valence-electron chi connectivity index (χ0n) is 9.66. The average molecular weight is 228 g/mol. The molecule has 5 heteroatoms. The highest BCUT2D eigenvalue weighted by atomic mass is 16.5. The number of nitrogens with one attached hydrogen (secondary N) is 2. The lowest BCUT2D eigenvalue weighted by Crippen LogP contribution is -2.50. The lowest BCUT2D eigenvalue weighted by Gasteiger charge is -2.26. The van der Waals surface area contributed by atoms with E-state index in [2.05, 4.69) is 10.6 Å². The Kier molecular flexibility index (Phi) is 3.47. The Morgan fingerprint density at radius 3 is 3.06 bits per heavy atom. The Labute approximate surface area is 95.5 Å². The van der Waals surface area contributed by atoms with Gasteiger partial charge in [0, 0.05) is 19.6 Å². The van der Waals surface area contributed by atoms with Crippen molar-refractivity contribution in [2.75, 3.05) is 19.7 Å². The minimum Gasteiger partial charge on any atom is -0.385 e. The predicted octanol–water partition coefficient (Wildman–Crippen LogP) is -0.605. The third-order valence-corrected chi connectivity index (χ3v) is 3.61. The second kappa shape index (κ2) is 4.69. The molecule has 2 unspecified atom stereocenters. The van der Waals surface area contributed by atoms with E-state index in [4.69, 9.17) is 4.74 Å². The van der Waals surface area contributed by atoms with Gasteiger partial charge in [-0.1, -0.05) is 0 Å². The zero-order valence-corrected chi connectivity index (χ0v) is 9.66. The Bertz CT molecular complexity index is 266. The van der Waals surface area contributed by atoms with Crippen LogP contribution in [0.2, 0.25) is 0 Å². The Hall–Kier alpha value is -0.650. The van der Waals surface area contributed by atoms with E-state index in [1.54, 1.807) is 0 Å². The van der Waals surface area contributed by atoms with Gasteiger partial charge in [0.2, 0.25) is 5.91 Å². The van der Waals surface area contributed by atoms with Crippen LogP contribution in [-0.2, 0) is 9.53 Å². The molecule has 2 aliphatic heterocycles. The topological polar surface area (TPSA) is 70.6 Å². The average Bonchev–Trinajstić information content (AvgIpc) is 2.87. The van der Waals surface area contributed by atoms with E-state index in [-0.39, 0.29) is 24.6 Å². The Balaban J connectivity index is 1.80. The van der Waals surface area contributed by atoms with Gasteiger partial charge in [-0.25, -0.2) is 0 Å². The fraction of sp³-hybridized carbons (Fsp3) is 0.909. The van der Waals surface area contributed by atoms with Crippen molar-refractivity contribution in [2.24, 2.45) is 0 Å². The van der Waals surface area contributed by atoms with Gasteiger partial charge >= 0.3 is 0 Å². The van der Waals surface area contributed by atoms with Crippen molar-refractivity contribution in [3.05, 3.63) is 0 Å². The van der Waals surface area contributed by atoms with Crippen molar-refractivity contribution in [1.29, 1.82) is 0 Å². The van der Waals surface area contributed by atoms with E-state index in [1.165, 1.54) is 0 Å². The summed E-state index contributed by atoms with van der Waals surface area (Å²) in [5.41, 5.74) is -0.895. The number of carbonyl (C=O) groups is 1. The summed E-state index contributed by atoms with van der Waals surface area (Å²) in [6.45, 7) is 3.59. The van der Waals surface area contributed by atoms with Crippen LogP contribution >= 0.6 is 0 Å². The molecule has 2 rings (SSSR count). The molecule has 2 aliphatic rings. The molecule has 5 nitrogen and oxygen atoms in total. The van der Waals surface area contributed by atoms with E-state index in [0.717, 1.165) is 19.4 Å². The molecule has 0 aromatic rings. The van der Waals surface area contributed by atoms with Crippen molar-refractivity contribution in [1.82, 2.24) is 10.6 Å². The van der Waals surface area contributed by atoms with Crippen LogP contribution < -0.4 is 10.6 Å². The number of amides is 1. The van der Waals surface area contributed by atoms with Crippen molar-refractivity contribution in [3.63, 3.8) is 0 Å². The molecule has 0 bridgehead atoms. The lowest BCUT2D eigenvalue weighted by molar-refractivity contribution is -0.124. The molecule has 3 N–H and O–H groups in total. The first-order valence-corrected chi connectivity index (χ1v) is 5.97. The molecule has 2 heterocycles. The number of rotatable bonds is 3. The second-order valence-electron chi connectivity index (χ2n) is 4.73. The fourth-order valence-electron chi connectivity index (χ4n) is 2.27. The van der Waals surface area contributed by atoms with E-state index < -0.39 is 5.60 Å². The van der Waals surface area contributed by atoms with Crippen molar-refractivity contribution in [3.8, 4) is 0 Å². The normalized spacial score (nSPS) is 38.9. The van der Waals surface area contributed by atoms with Crippen LogP contribution in [0, 0.1) is 0 Å². The van der Waals surface area contributed by atoms with Crippen LogP contribution in [0.5, 0.6) is 0 Å². The van der Waals surface area contributed by atoms with Crippen LogP contribution in [0.1, 0.15) is 26.2 Å². The Morgan fingerprint density at radius 2 is 2.50 bits per heavy atom.